The van der Waals surface area contributed by atoms with Gasteiger partial charge in [-0.1, -0.05) is 52.0 Å². The van der Waals surface area contributed by atoms with Gasteiger partial charge in [-0.15, -0.1) is 0 Å². The minimum absolute atomic E-state index is 0.0276. The van der Waals surface area contributed by atoms with Crippen LogP contribution in [0.1, 0.15) is 50.3 Å². The molecule has 34 heavy (non-hydrogen) atoms. The number of rotatable bonds is 8. The summed E-state index contributed by atoms with van der Waals surface area (Å²) in [6.45, 7) is 11.0. The molecule has 1 aliphatic rings. The van der Waals surface area contributed by atoms with Crippen LogP contribution in [0.2, 0.25) is 0 Å². The first-order chi connectivity index (χ1) is 15.9. The van der Waals surface area contributed by atoms with Gasteiger partial charge in [0.25, 0.3) is 0 Å². The van der Waals surface area contributed by atoms with Gasteiger partial charge in [0.2, 0.25) is 5.91 Å². The summed E-state index contributed by atoms with van der Waals surface area (Å²) in [4.78, 5) is 17.0. The van der Waals surface area contributed by atoms with Crippen molar-refractivity contribution in [3.8, 4) is 0 Å². The third-order valence-electron chi connectivity index (χ3n) is 6.33. The molecule has 186 valence electrons. The quantitative estimate of drug-likeness (QED) is 0.422. The molecule has 1 fully saturated rings. The number of carbonyl (C=O) groups is 1. The Bertz CT molecular complexity index is 956. The summed E-state index contributed by atoms with van der Waals surface area (Å²) >= 11 is 0. The van der Waals surface area contributed by atoms with Crippen molar-refractivity contribution in [3.05, 3.63) is 71.0 Å². The highest BCUT2D eigenvalue weighted by Crippen LogP contribution is 2.35. The molecule has 1 amide bonds. The van der Waals surface area contributed by atoms with E-state index in [1.165, 1.54) is 18.2 Å². The van der Waals surface area contributed by atoms with E-state index in [0.717, 1.165) is 23.3 Å². The van der Waals surface area contributed by atoms with Crippen LogP contribution < -0.4 is 0 Å². The number of carbonyl (C=O) groups excluding carboxylic acids is 1. The molecule has 0 bridgehead atoms. The van der Waals surface area contributed by atoms with Crippen LogP contribution in [0.25, 0.3) is 0 Å². The van der Waals surface area contributed by atoms with Crippen molar-refractivity contribution in [2.75, 3.05) is 26.2 Å². The molecule has 0 aliphatic carbocycles. The van der Waals surface area contributed by atoms with Gasteiger partial charge >= 0.3 is 6.18 Å². The zero-order valence-corrected chi connectivity index (χ0v) is 20.3. The maximum absolute atomic E-state index is 14.0. The Morgan fingerprint density at radius 3 is 2.29 bits per heavy atom. The van der Waals surface area contributed by atoms with Gasteiger partial charge in [-0.3, -0.25) is 9.69 Å². The largest absolute Gasteiger partial charge is 0.416 e. The third kappa shape index (κ3) is 6.81. The zero-order valence-electron chi connectivity index (χ0n) is 20.3. The summed E-state index contributed by atoms with van der Waals surface area (Å²) in [6.07, 6.45) is -4.36. The van der Waals surface area contributed by atoms with E-state index in [0.29, 0.717) is 38.6 Å². The van der Waals surface area contributed by atoms with E-state index < -0.39 is 11.7 Å². The van der Waals surface area contributed by atoms with Gasteiger partial charge in [0.1, 0.15) is 5.82 Å². The highest BCUT2D eigenvalue weighted by molar-refractivity contribution is 5.78. The average molecular weight is 479 g/mol. The number of nitrogens with zero attached hydrogens (tertiary/aromatic N) is 2. The van der Waals surface area contributed by atoms with Gasteiger partial charge in [0.05, 0.1) is 5.56 Å². The van der Waals surface area contributed by atoms with E-state index in [2.05, 4.69) is 18.7 Å². The minimum Gasteiger partial charge on any atom is -0.342 e. The molecule has 7 heteroatoms. The number of hydrogen-bond donors (Lipinski definition) is 0. The lowest BCUT2D eigenvalue weighted by Crippen LogP contribution is -2.41. The molecular formula is C27H34F4N2O. The molecule has 2 aromatic rings. The smallest absolute Gasteiger partial charge is 0.342 e. The lowest BCUT2D eigenvalue weighted by atomic mass is 9.88. The van der Waals surface area contributed by atoms with Crippen molar-refractivity contribution < 1.29 is 22.4 Å². The van der Waals surface area contributed by atoms with Gasteiger partial charge in [0, 0.05) is 44.6 Å². The Morgan fingerprint density at radius 1 is 1.06 bits per heavy atom. The van der Waals surface area contributed by atoms with Crippen molar-refractivity contribution in [2.24, 2.45) is 17.8 Å². The Hall–Kier alpha value is -2.41. The Labute approximate surface area is 199 Å². The molecule has 0 aromatic heterocycles. The number of halogens is 4. The van der Waals surface area contributed by atoms with Gasteiger partial charge in [0.15, 0.2) is 0 Å². The van der Waals surface area contributed by atoms with Crippen LogP contribution in [0.15, 0.2) is 48.5 Å². The average Bonchev–Trinajstić information content (AvgIpc) is 3.14. The number of hydrogen-bond acceptors (Lipinski definition) is 2. The maximum Gasteiger partial charge on any atom is 0.416 e. The molecule has 1 saturated heterocycles. The minimum atomic E-state index is -4.36. The first kappa shape index (κ1) is 26.2. The molecule has 3 nitrogen and oxygen atoms in total. The fourth-order valence-corrected chi connectivity index (χ4v) is 4.79. The number of likely N-dealkylation sites (tertiary alicyclic amines) is 1. The first-order valence-electron chi connectivity index (χ1n) is 11.9. The van der Waals surface area contributed by atoms with E-state index in [1.807, 2.05) is 24.8 Å². The van der Waals surface area contributed by atoms with Crippen LogP contribution in [-0.2, 0) is 17.5 Å². The summed E-state index contributed by atoms with van der Waals surface area (Å²) in [6, 6.07) is 11.8. The molecule has 1 heterocycles. The Kier molecular flexibility index (Phi) is 8.39. The molecule has 2 aromatic carbocycles. The van der Waals surface area contributed by atoms with Crippen molar-refractivity contribution in [1.29, 1.82) is 0 Å². The van der Waals surface area contributed by atoms with E-state index in [1.54, 1.807) is 12.1 Å². The fraction of sp³-hybridized carbons (Fsp3) is 0.519. The van der Waals surface area contributed by atoms with Crippen LogP contribution in [0.5, 0.6) is 0 Å². The summed E-state index contributed by atoms with van der Waals surface area (Å²) < 4.78 is 52.7. The molecule has 1 aliphatic heterocycles. The summed E-state index contributed by atoms with van der Waals surface area (Å²) in [7, 11) is 0. The second-order valence-corrected chi connectivity index (χ2v) is 10.1. The second-order valence-electron chi connectivity index (χ2n) is 10.1. The van der Waals surface area contributed by atoms with E-state index in [4.69, 9.17) is 0 Å². The highest BCUT2D eigenvalue weighted by atomic mass is 19.4. The van der Waals surface area contributed by atoms with Crippen LogP contribution in [0.4, 0.5) is 17.6 Å². The van der Waals surface area contributed by atoms with Crippen molar-refractivity contribution >= 4 is 5.91 Å². The Morgan fingerprint density at radius 2 is 1.74 bits per heavy atom. The maximum atomic E-state index is 14.0. The van der Waals surface area contributed by atoms with Gasteiger partial charge in [-0.2, -0.15) is 13.2 Å². The molecule has 3 rings (SSSR count). The standard InChI is InChI=1S/C27H34F4N2O/c1-18(2)13-33(26(34)19(3)4)16-22-15-32(17-25(22)21-6-5-7-24(28)12-21)14-20-8-10-23(11-9-20)27(29,30)31/h5-12,18-19,22,25H,13-17H2,1-4H3. The summed E-state index contributed by atoms with van der Waals surface area (Å²) in [5.74, 6) is 0.135. The summed E-state index contributed by atoms with van der Waals surface area (Å²) in [5, 5.41) is 0. The predicted molar refractivity (Wildman–Crippen MR) is 126 cm³/mol. The molecule has 0 N–H and O–H groups in total. The highest BCUT2D eigenvalue weighted by Gasteiger charge is 2.36. The molecule has 0 radical (unpaired) electrons. The second kappa shape index (κ2) is 10.9. The molecule has 0 spiro atoms. The van der Waals surface area contributed by atoms with Gasteiger partial charge in [-0.25, -0.2) is 4.39 Å². The van der Waals surface area contributed by atoms with Crippen molar-refractivity contribution in [1.82, 2.24) is 9.80 Å². The van der Waals surface area contributed by atoms with Crippen LogP contribution in [0, 0.1) is 23.6 Å². The normalized spacial score (nSPS) is 19.2. The summed E-state index contributed by atoms with van der Waals surface area (Å²) in [5.41, 5.74) is 1.02. The topological polar surface area (TPSA) is 23.6 Å². The van der Waals surface area contributed by atoms with Crippen LogP contribution in [-0.4, -0.2) is 41.9 Å². The zero-order chi connectivity index (χ0) is 25.0. The molecule has 0 saturated carbocycles. The third-order valence-corrected chi connectivity index (χ3v) is 6.33. The SMILES string of the molecule is CC(C)CN(CC1CN(Cc2ccc(C(F)(F)F)cc2)CC1c1cccc(F)c1)C(=O)C(C)C. The predicted octanol–water partition coefficient (Wildman–Crippen LogP) is 6.20. The lowest BCUT2D eigenvalue weighted by Gasteiger charge is -2.31. The number of alkyl halides is 3. The lowest BCUT2D eigenvalue weighted by molar-refractivity contribution is -0.137. The first-order valence-corrected chi connectivity index (χ1v) is 11.9. The number of amides is 1. The molecular weight excluding hydrogens is 444 g/mol. The van der Waals surface area contributed by atoms with Crippen LogP contribution >= 0.6 is 0 Å². The fourth-order valence-electron chi connectivity index (χ4n) is 4.79. The molecule has 2 atom stereocenters. The van der Waals surface area contributed by atoms with Crippen molar-refractivity contribution in [3.63, 3.8) is 0 Å². The van der Waals surface area contributed by atoms with Crippen LogP contribution in [0.3, 0.4) is 0 Å². The van der Waals surface area contributed by atoms with Gasteiger partial charge in [-0.05, 0) is 47.2 Å². The van der Waals surface area contributed by atoms with E-state index in [-0.39, 0.29) is 29.5 Å². The van der Waals surface area contributed by atoms with Crippen molar-refractivity contribution in [2.45, 2.75) is 46.3 Å². The van der Waals surface area contributed by atoms with E-state index in [9.17, 15) is 22.4 Å². The number of benzene rings is 2. The van der Waals surface area contributed by atoms with E-state index >= 15 is 0 Å². The monoisotopic (exact) mass is 478 g/mol. The van der Waals surface area contributed by atoms with Gasteiger partial charge < -0.3 is 4.90 Å². The Balaban J connectivity index is 1.81. The molecule has 2 unspecified atom stereocenters.